The zero-order valence-corrected chi connectivity index (χ0v) is 12.8. The third kappa shape index (κ3) is 5.99. The molecule has 0 aliphatic heterocycles. The van der Waals surface area contributed by atoms with Gasteiger partial charge in [-0.25, -0.2) is 0 Å². The van der Waals surface area contributed by atoms with Crippen molar-refractivity contribution in [3.63, 3.8) is 0 Å². The lowest BCUT2D eigenvalue weighted by atomic mass is 9.84. The summed E-state index contributed by atoms with van der Waals surface area (Å²) in [4.78, 5) is 0. The van der Waals surface area contributed by atoms with Crippen LogP contribution in [0.2, 0.25) is 0 Å². The summed E-state index contributed by atoms with van der Waals surface area (Å²) < 4.78 is 11.4. The van der Waals surface area contributed by atoms with Crippen molar-refractivity contribution in [2.45, 2.75) is 72.4 Å². The smallest absolute Gasteiger partial charge is 0.162 e. The largest absolute Gasteiger partial charge is 0.274 e. The van der Waals surface area contributed by atoms with Gasteiger partial charge < -0.3 is 0 Å². The van der Waals surface area contributed by atoms with Crippen molar-refractivity contribution in [1.82, 2.24) is 0 Å². The molecule has 0 heterocycles. The standard InChI is InChI=1S/C14H29OP/c1-11(2)7-8-13(5)14(6,16-15)10-9-12(3)4/h11-13H,7-10H2,1-6H3. The van der Waals surface area contributed by atoms with Gasteiger partial charge in [0.2, 0.25) is 0 Å². The molecule has 0 radical (unpaired) electrons. The third-order valence-electron chi connectivity index (χ3n) is 3.68. The Morgan fingerprint density at radius 2 is 1.44 bits per heavy atom. The molecule has 0 aliphatic rings. The van der Waals surface area contributed by atoms with E-state index in [2.05, 4.69) is 41.5 Å². The minimum Gasteiger partial charge on any atom is -0.274 e. The Hall–Kier alpha value is 0.100. The molecule has 0 aromatic heterocycles. The summed E-state index contributed by atoms with van der Waals surface area (Å²) in [7, 11) is 0.330. The summed E-state index contributed by atoms with van der Waals surface area (Å²) in [6.07, 6.45) is 4.70. The summed E-state index contributed by atoms with van der Waals surface area (Å²) in [5.41, 5.74) is 0. The highest BCUT2D eigenvalue weighted by atomic mass is 31.1. The molecule has 0 aliphatic carbocycles. The van der Waals surface area contributed by atoms with Crippen molar-refractivity contribution in [2.75, 3.05) is 0 Å². The topological polar surface area (TPSA) is 17.1 Å². The fourth-order valence-corrected chi connectivity index (χ4v) is 2.39. The van der Waals surface area contributed by atoms with E-state index in [9.17, 15) is 4.57 Å². The Kier molecular flexibility index (Phi) is 7.48. The highest BCUT2D eigenvalue weighted by molar-refractivity contribution is 7.26. The second-order valence-electron chi connectivity index (χ2n) is 6.25. The average molecular weight is 244 g/mol. The molecule has 0 rings (SSSR count). The molecule has 2 heteroatoms. The van der Waals surface area contributed by atoms with Crippen LogP contribution in [0.15, 0.2) is 0 Å². The van der Waals surface area contributed by atoms with E-state index in [1.165, 1.54) is 19.3 Å². The number of hydrogen-bond acceptors (Lipinski definition) is 1. The van der Waals surface area contributed by atoms with E-state index in [1.807, 2.05) is 0 Å². The van der Waals surface area contributed by atoms with Gasteiger partial charge in [0.05, 0.1) is 5.16 Å². The highest BCUT2D eigenvalue weighted by Gasteiger charge is 2.31. The predicted octanol–water partition coefficient (Wildman–Crippen LogP) is 5.55. The lowest BCUT2D eigenvalue weighted by Gasteiger charge is -2.30. The van der Waals surface area contributed by atoms with Crippen molar-refractivity contribution in [2.24, 2.45) is 17.8 Å². The van der Waals surface area contributed by atoms with E-state index in [0.29, 0.717) is 20.3 Å². The monoisotopic (exact) mass is 244 g/mol. The second-order valence-corrected chi connectivity index (χ2v) is 7.46. The Balaban J connectivity index is 4.25. The van der Waals surface area contributed by atoms with Crippen LogP contribution in [0.25, 0.3) is 0 Å². The average Bonchev–Trinajstić information content (AvgIpc) is 2.22. The Labute approximate surface area is 104 Å². The minimum atomic E-state index is -0.0147. The molecule has 0 N–H and O–H groups in total. The second kappa shape index (κ2) is 7.43. The van der Waals surface area contributed by atoms with Crippen LogP contribution in [-0.2, 0) is 4.57 Å². The van der Waals surface area contributed by atoms with Gasteiger partial charge in [0.1, 0.15) is 0 Å². The zero-order valence-electron chi connectivity index (χ0n) is 11.9. The first-order valence-corrected chi connectivity index (χ1v) is 7.47. The molecule has 1 nitrogen and oxygen atoms in total. The maximum atomic E-state index is 11.4. The van der Waals surface area contributed by atoms with Gasteiger partial charge in [-0.3, -0.25) is 4.57 Å². The normalized spacial score (nSPS) is 18.0. The maximum Gasteiger partial charge on any atom is 0.162 e. The van der Waals surface area contributed by atoms with Crippen LogP contribution >= 0.6 is 8.46 Å². The number of hydrogen-bond donors (Lipinski definition) is 0. The predicted molar refractivity (Wildman–Crippen MR) is 73.3 cm³/mol. The molecule has 0 saturated heterocycles. The van der Waals surface area contributed by atoms with Crippen LogP contribution in [0, 0.1) is 17.8 Å². The van der Waals surface area contributed by atoms with E-state index < -0.39 is 0 Å². The van der Waals surface area contributed by atoms with Crippen molar-refractivity contribution in [3.05, 3.63) is 0 Å². The fourth-order valence-electron chi connectivity index (χ4n) is 1.86. The maximum absolute atomic E-state index is 11.4. The summed E-state index contributed by atoms with van der Waals surface area (Å²) in [6, 6.07) is 0. The Morgan fingerprint density at radius 1 is 0.938 bits per heavy atom. The van der Waals surface area contributed by atoms with Gasteiger partial charge >= 0.3 is 0 Å². The lowest BCUT2D eigenvalue weighted by molar-refractivity contribution is 0.327. The SMILES string of the molecule is CC(C)CCC(C)C(C)(CCC(C)C)P=O. The van der Waals surface area contributed by atoms with Gasteiger partial charge in [0.25, 0.3) is 0 Å². The van der Waals surface area contributed by atoms with Gasteiger partial charge in [-0.05, 0) is 43.9 Å². The Bertz CT molecular complexity index is 201. The molecular formula is C14H29OP. The van der Waals surface area contributed by atoms with Crippen LogP contribution in [-0.4, -0.2) is 5.16 Å². The molecule has 0 aromatic carbocycles. The van der Waals surface area contributed by atoms with Gasteiger partial charge in [0.15, 0.2) is 8.46 Å². The van der Waals surface area contributed by atoms with E-state index >= 15 is 0 Å². The van der Waals surface area contributed by atoms with E-state index in [1.54, 1.807) is 0 Å². The molecular weight excluding hydrogens is 215 g/mol. The molecule has 0 spiro atoms. The van der Waals surface area contributed by atoms with Crippen molar-refractivity contribution in [1.29, 1.82) is 0 Å². The van der Waals surface area contributed by atoms with E-state index in [4.69, 9.17) is 0 Å². The first kappa shape index (κ1) is 16.1. The quantitative estimate of drug-likeness (QED) is 0.512. The first-order valence-electron chi connectivity index (χ1n) is 6.66. The van der Waals surface area contributed by atoms with Crippen LogP contribution in [0.5, 0.6) is 0 Å². The first-order chi connectivity index (χ1) is 7.31. The lowest BCUT2D eigenvalue weighted by Crippen LogP contribution is -2.27. The molecule has 2 atom stereocenters. The van der Waals surface area contributed by atoms with Crippen LogP contribution < -0.4 is 0 Å². The molecule has 2 unspecified atom stereocenters. The van der Waals surface area contributed by atoms with Gasteiger partial charge in [-0.1, -0.05) is 41.0 Å². The number of rotatable bonds is 8. The van der Waals surface area contributed by atoms with Crippen molar-refractivity contribution in [3.8, 4) is 0 Å². The van der Waals surface area contributed by atoms with Crippen molar-refractivity contribution < 1.29 is 4.57 Å². The summed E-state index contributed by atoms with van der Waals surface area (Å²) in [6.45, 7) is 13.4. The Morgan fingerprint density at radius 3 is 1.81 bits per heavy atom. The molecule has 96 valence electrons. The van der Waals surface area contributed by atoms with Crippen LogP contribution in [0.1, 0.15) is 67.2 Å². The third-order valence-corrected chi connectivity index (χ3v) is 4.76. The molecule has 0 fully saturated rings. The van der Waals surface area contributed by atoms with Gasteiger partial charge in [-0.15, -0.1) is 0 Å². The highest BCUT2D eigenvalue weighted by Crippen LogP contribution is 2.39. The zero-order chi connectivity index (χ0) is 12.8. The van der Waals surface area contributed by atoms with Crippen LogP contribution in [0.4, 0.5) is 0 Å². The van der Waals surface area contributed by atoms with Crippen molar-refractivity contribution >= 4 is 8.46 Å². The molecule has 0 saturated carbocycles. The molecule has 0 bridgehead atoms. The summed E-state index contributed by atoms with van der Waals surface area (Å²) >= 11 is 0. The molecule has 0 aromatic rings. The fraction of sp³-hybridized carbons (Fsp3) is 1.00. The minimum absolute atomic E-state index is 0.0147. The van der Waals surface area contributed by atoms with E-state index in [0.717, 1.165) is 12.3 Å². The molecule has 0 amide bonds. The van der Waals surface area contributed by atoms with E-state index in [-0.39, 0.29) is 5.16 Å². The summed E-state index contributed by atoms with van der Waals surface area (Å²) in [5.74, 6) is 2.01. The summed E-state index contributed by atoms with van der Waals surface area (Å²) in [5, 5.41) is -0.0147. The van der Waals surface area contributed by atoms with Gasteiger partial charge in [0, 0.05) is 0 Å². The van der Waals surface area contributed by atoms with Gasteiger partial charge in [-0.2, -0.15) is 0 Å². The molecule has 16 heavy (non-hydrogen) atoms. The van der Waals surface area contributed by atoms with Crippen LogP contribution in [0.3, 0.4) is 0 Å².